The molecule has 44 heavy (non-hydrogen) atoms. The molecule has 2 unspecified atom stereocenters. The van der Waals surface area contributed by atoms with Crippen LogP contribution in [0, 0.1) is 11.7 Å². The van der Waals surface area contributed by atoms with Crippen molar-refractivity contribution >= 4 is 46.7 Å². The highest BCUT2D eigenvalue weighted by atomic mass is 35.5. The van der Waals surface area contributed by atoms with E-state index in [-0.39, 0.29) is 66.3 Å². The van der Waals surface area contributed by atoms with Gasteiger partial charge in [0.2, 0.25) is 11.8 Å². The van der Waals surface area contributed by atoms with Crippen molar-refractivity contribution in [2.75, 3.05) is 25.0 Å². The summed E-state index contributed by atoms with van der Waals surface area (Å²) in [4.78, 5) is 38.5. The van der Waals surface area contributed by atoms with E-state index >= 15 is 0 Å². The zero-order valence-electron chi connectivity index (χ0n) is 24.5. The highest BCUT2D eigenvalue weighted by Crippen LogP contribution is 2.34. The molecule has 0 saturated carbocycles. The summed E-state index contributed by atoms with van der Waals surface area (Å²) in [5.41, 5.74) is 2.69. The molecule has 230 valence electrons. The number of nitrogens with zero attached hydrogens (tertiary/aromatic N) is 1. The summed E-state index contributed by atoms with van der Waals surface area (Å²) in [5, 5.41) is 17.9. The minimum absolute atomic E-state index is 0. The molecule has 0 bridgehead atoms. The predicted molar refractivity (Wildman–Crippen MR) is 173 cm³/mol. The van der Waals surface area contributed by atoms with Crippen molar-refractivity contribution in [1.29, 1.82) is 0 Å². The molecule has 0 spiro atoms. The van der Waals surface area contributed by atoms with Crippen LogP contribution in [0.3, 0.4) is 0 Å². The van der Waals surface area contributed by atoms with Crippen LogP contribution in [0.4, 0.5) is 10.1 Å². The second kappa shape index (κ2) is 14.9. The number of likely N-dealkylation sites (tertiary alicyclic amines) is 1. The average molecular weight is 618 g/mol. The number of carbonyl (C=O) groups excluding carboxylic acids is 2. The van der Waals surface area contributed by atoms with Crippen LogP contribution in [-0.2, 0) is 9.59 Å². The topological polar surface area (TPSA) is 98.7 Å². The molecule has 7 nitrogen and oxygen atoms in total. The Labute approximate surface area is 262 Å². The Balaban J connectivity index is 0.00000442. The van der Waals surface area contributed by atoms with Gasteiger partial charge in [0.25, 0.3) is 0 Å². The number of carboxylic acids is 1. The molecule has 1 aliphatic rings. The number of carbonyl (C=O) groups is 3. The SMILES string of the molecule is C[C@@H](NCC1CCN(C(=O)CCC(=O)Nc2ccc(C(=O)O)cc2)CC1c1cccc(F)c1)c1cccc2ccccc12.Cl. The third-order valence-electron chi connectivity index (χ3n) is 8.34. The number of amides is 2. The first-order valence-electron chi connectivity index (χ1n) is 14.7. The molecule has 4 aromatic rings. The van der Waals surface area contributed by atoms with Crippen LogP contribution in [0.2, 0.25) is 0 Å². The predicted octanol–water partition coefficient (Wildman–Crippen LogP) is 6.80. The number of aromatic carboxylic acids is 1. The van der Waals surface area contributed by atoms with Crippen molar-refractivity contribution < 1.29 is 23.9 Å². The number of piperidine rings is 1. The molecule has 1 aliphatic heterocycles. The van der Waals surface area contributed by atoms with Gasteiger partial charge in [-0.05, 0) is 84.1 Å². The summed E-state index contributed by atoms with van der Waals surface area (Å²) < 4.78 is 14.3. The number of rotatable bonds is 10. The molecule has 0 radical (unpaired) electrons. The lowest BCUT2D eigenvalue weighted by Gasteiger charge is -2.39. The molecule has 5 rings (SSSR count). The summed E-state index contributed by atoms with van der Waals surface area (Å²) in [7, 11) is 0. The molecule has 0 aromatic heterocycles. The fourth-order valence-corrected chi connectivity index (χ4v) is 5.95. The number of fused-ring (bicyclic) bond motifs is 1. The zero-order valence-corrected chi connectivity index (χ0v) is 25.4. The van der Waals surface area contributed by atoms with E-state index in [1.54, 1.807) is 17.0 Å². The van der Waals surface area contributed by atoms with E-state index in [9.17, 15) is 18.8 Å². The van der Waals surface area contributed by atoms with Crippen LogP contribution >= 0.6 is 12.4 Å². The smallest absolute Gasteiger partial charge is 0.335 e. The van der Waals surface area contributed by atoms with Crippen LogP contribution in [0.15, 0.2) is 91.0 Å². The molecule has 1 heterocycles. The maximum absolute atomic E-state index is 14.3. The van der Waals surface area contributed by atoms with E-state index < -0.39 is 5.97 Å². The molecular weight excluding hydrogens is 581 g/mol. The van der Waals surface area contributed by atoms with Crippen LogP contribution in [0.1, 0.15) is 59.6 Å². The first-order chi connectivity index (χ1) is 20.8. The van der Waals surface area contributed by atoms with Gasteiger partial charge in [-0.1, -0.05) is 54.6 Å². The second-order valence-electron chi connectivity index (χ2n) is 11.2. The van der Waals surface area contributed by atoms with Gasteiger partial charge in [-0.25, -0.2) is 9.18 Å². The molecule has 2 amide bonds. The van der Waals surface area contributed by atoms with Gasteiger partial charge in [0.15, 0.2) is 0 Å². The van der Waals surface area contributed by atoms with Crippen molar-refractivity contribution in [3.8, 4) is 0 Å². The number of anilines is 1. The lowest BCUT2D eigenvalue weighted by molar-refractivity contribution is -0.134. The quantitative estimate of drug-likeness (QED) is 0.182. The Bertz CT molecular complexity index is 1610. The van der Waals surface area contributed by atoms with E-state index in [4.69, 9.17) is 5.11 Å². The maximum Gasteiger partial charge on any atom is 0.335 e. The summed E-state index contributed by atoms with van der Waals surface area (Å²) in [6, 6.07) is 27.3. The Kier molecular flexibility index (Phi) is 11.1. The normalized spacial score (nSPS) is 17.0. The van der Waals surface area contributed by atoms with Crippen molar-refractivity contribution in [2.45, 2.75) is 38.1 Å². The van der Waals surface area contributed by atoms with E-state index in [0.717, 1.165) is 18.5 Å². The van der Waals surface area contributed by atoms with Gasteiger partial charge >= 0.3 is 5.97 Å². The third kappa shape index (κ3) is 8.01. The Morgan fingerprint density at radius 2 is 1.68 bits per heavy atom. The number of nitrogens with one attached hydrogen (secondary N) is 2. The van der Waals surface area contributed by atoms with E-state index in [2.05, 4.69) is 47.9 Å². The standard InChI is InChI=1S/C35H36FN3O4.ClH/c1-23(30-11-5-7-24-6-2-3-10-31(24)30)37-21-27-18-19-39(22-32(27)26-8-4-9-28(36)20-26)34(41)17-16-33(40)38-29-14-12-25(13-15-29)35(42)43;/h2-15,20,23,27,32,37H,16-19,21-22H2,1H3,(H,38,40)(H,42,43);1H/t23-,27?,32?;/m1./s1. The lowest BCUT2D eigenvalue weighted by Crippen LogP contribution is -2.45. The summed E-state index contributed by atoms with van der Waals surface area (Å²) >= 11 is 0. The number of hydrogen-bond donors (Lipinski definition) is 3. The summed E-state index contributed by atoms with van der Waals surface area (Å²) in [6.45, 7) is 3.90. The average Bonchev–Trinajstić information content (AvgIpc) is 3.02. The maximum atomic E-state index is 14.3. The van der Waals surface area contributed by atoms with Crippen molar-refractivity contribution in [2.24, 2.45) is 5.92 Å². The van der Waals surface area contributed by atoms with Crippen molar-refractivity contribution in [3.05, 3.63) is 114 Å². The van der Waals surface area contributed by atoms with E-state index in [0.29, 0.717) is 18.8 Å². The van der Waals surface area contributed by atoms with Gasteiger partial charge in [-0.15, -0.1) is 12.4 Å². The molecule has 4 aromatic carbocycles. The molecule has 9 heteroatoms. The first kappa shape index (κ1) is 32.6. The van der Waals surface area contributed by atoms with Gasteiger partial charge < -0.3 is 20.6 Å². The number of carboxylic acid groups (broad SMARTS) is 1. The monoisotopic (exact) mass is 617 g/mol. The van der Waals surface area contributed by atoms with Crippen LogP contribution in [0.5, 0.6) is 0 Å². The van der Waals surface area contributed by atoms with Gasteiger partial charge in [0.05, 0.1) is 5.56 Å². The fraction of sp³-hybridized carbons (Fsp3) is 0.286. The van der Waals surface area contributed by atoms with Crippen LogP contribution in [0.25, 0.3) is 10.8 Å². The third-order valence-corrected chi connectivity index (χ3v) is 8.34. The Hall–Kier alpha value is -4.27. The van der Waals surface area contributed by atoms with Crippen molar-refractivity contribution in [3.63, 3.8) is 0 Å². The largest absolute Gasteiger partial charge is 0.478 e. The van der Waals surface area contributed by atoms with E-state index in [1.165, 1.54) is 46.7 Å². The second-order valence-corrected chi connectivity index (χ2v) is 11.2. The molecular formula is C35H37ClFN3O4. The highest BCUT2D eigenvalue weighted by molar-refractivity contribution is 5.94. The molecule has 3 N–H and O–H groups in total. The molecule has 3 atom stereocenters. The molecule has 1 saturated heterocycles. The van der Waals surface area contributed by atoms with Crippen LogP contribution < -0.4 is 10.6 Å². The zero-order chi connectivity index (χ0) is 30.3. The number of halogens is 2. The summed E-state index contributed by atoms with van der Waals surface area (Å²) in [6.07, 6.45) is 0.814. The van der Waals surface area contributed by atoms with Gasteiger partial charge in [0, 0.05) is 43.6 Å². The lowest BCUT2D eigenvalue weighted by atomic mass is 9.80. The van der Waals surface area contributed by atoms with Crippen LogP contribution in [-0.4, -0.2) is 47.4 Å². The van der Waals surface area contributed by atoms with Gasteiger partial charge in [-0.3, -0.25) is 9.59 Å². The molecule has 1 fully saturated rings. The Morgan fingerprint density at radius 3 is 2.43 bits per heavy atom. The Morgan fingerprint density at radius 1 is 0.955 bits per heavy atom. The van der Waals surface area contributed by atoms with Crippen molar-refractivity contribution in [1.82, 2.24) is 10.2 Å². The minimum atomic E-state index is -1.04. The van der Waals surface area contributed by atoms with Gasteiger partial charge in [0.1, 0.15) is 5.82 Å². The first-order valence-corrected chi connectivity index (χ1v) is 14.7. The fourth-order valence-electron chi connectivity index (χ4n) is 5.95. The number of benzene rings is 4. The number of hydrogen-bond acceptors (Lipinski definition) is 4. The summed E-state index contributed by atoms with van der Waals surface area (Å²) in [5.74, 6) is -1.64. The minimum Gasteiger partial charge on any atom is -0.478 e. The molecule has 0 aliphatic carbocycles. The van der Waals surface area contributed by atoms with E-state index in [1.807, 2.05) is 18.2 Å². The highest BCUT2D eigenvalue weighted by Gasteiger charge is 2.33. The van der Waals surface area contributed by atoms with Gasteiger partial charge in [-0.2, -0.15) is 0 Å².